The Labute approximate surface area is 170 Å². The van der Waals surface area contributed by atoms with Crippen molar-refractivity contribution in [2.45, 2.75) is 18.2 Å². The number of aromatic nitrogens is 1. The third-order valence-corrected chi connectivity index (χ3v) is 6.41. The molecule has 0 aliphatic rings. The van der Waals surface area contributed by atoms with Gasteiger partial charge in [-0.25, -0.2) is 12.4 Å². The van der Waals surface area contributed by atoms with Crippen molar-refractivity contribution in [1.82, 2.24) is 3.97 Å². The zero-order valence-corrected chi connectivity index (χ0v) is 16.8. The molecule has 0 spiro atoms. The summed E-state index contributed by atoms with van der Waals surface area (Å²) in [7, 11) is -3.71. The van der Waals surface area contributed by atoms with Crippen molar-refractivity contribution in [2.75, 3.05) is 5.43 Å². The van der Waals surface area contributed by atoms with Crippen molar-refractivity contribution in [3.63, 3.8) is 0 Å². The van der Waals surface area contributed by atoms with E-state index in [1.165, 1.54) is 3.97 Å². The highest BCUT2D eigenvalue weighted by molar-refractivity contribution is 7.90. The molecule has 0 radical (unpaired) electrons. The quantitative estimate of drug-likeness (QED) is 0.360. The Morgan fingerprint density at radius 2 is 1.52 bits per heavy atom. The highest BCUT2D eigenvalue weighted by Gasteiger charge is 2.22. The maximum atomic E-state index is 13.3. The molecular weight excluding hydrogens is 382 g/mol. The van der Waals surface area contributed by atoms with E-state index in [2.05, 4.69) is 10.5 Å². The fourth-order valence-electron chi connectivity index (χ4n) is 3.26. The van der Waals surface area contributed by atoms with E-state index in [9.17, 15) is 8.42 Å². The van der Waals surface area contributed by atoms with E-state index in [1.54, 1.807) is 36.5 Å². The first-order valence-electron chi connectivity index (χ1n) is 9.40. The zero-order valence-electron chi connectivity index (χ0n) is 16.0. The summed E-state index contributed by atoms with van der Waals surface area (Å²) in [6.45, 7) is 2.00. The number of anilines is 1. The fourth-order valence-corrected chi connectivity index (χ4v) is 4.65. The first kappa shape index (κ1) is 19.0. The van der Waals surface area contributed by atoms with Crippen LogP contribution in [0.1, 0.15) is 18.9 Å². The average molecular weight is 404 g/mol. The smallest absolute Gasteiger partial charge is 0.268 e. The van der Waals surface area contributed by atoms with Crippen molar-refractivity contribution in [1.29, 1.82) is 0 Å². The van der Waals surface area contributed by atoms with Gasteiger partial charge in [-0.05, 0) is 36.8 Å². The van der Waals surface area contributed by atoms with E-state index in [1.807, 2.05) is 61.5 Å². The summed E-state index contributed by atoms with van der Waals surface area (Å²) in [5.41, 5.74) is 6.16. The number of hydrogen-bond donors (Lipinski definition) is 1. The number of benzene rings is 3. The standard InChI is InChI=1S/C23H21N3O2S/c1-2-22(25-24-18-11-5-3-6-12-18)21-17-26(23-16-10-9-15-20(21)23)29(27,28)19-13-7-4-8-14-19/h3-17,24H,2H2,1H3/b25-22-. The van der Waals surface area contributed by atoms with Crippen LogP contribution in [0.15, 0.2) is 101 Å². The Morgan fingerprint density at radius 3 is 2.21 bits per heavy atom. The molecule has 0 aliphatic carbocycles. The number of hydrogen-bond acceptors (Lipinski definition) is 4. The number of fused-ring (bicyclic) bond motifs is 1. The molecule has 0 unspecified atom stereocenters. The van der Waals surface area contributed by atoms with Crippen LogP contribution < -0.4 is 5.43 Å². The summed E-state index contributed by atoms with van der Waals surface area (Å²) >= 11 is 0. The van der Waals surface area contributed by atoms with Gasteiger partial charge in [0.25, 0.3) is 10.0 Å². The summed E-state index contributed by atoms with van der Waals surface area (Å²) in [5.74, 6) is 0. The second kappa shape index (κ2) is 7.93. The maximum absolute atomic E-state index is 13.3. The van der Waals surface area contributed by atoms with E-state index >= 15 is 0 Å². The van der Waals surface area contributed by atoms with E-state index in [-0.39, 0.29) is 4.90 Å². The van der Waals surface area contributed by atoms with Crippen LogP contribution in [0.5, 0.6) is 0 Å². The molecule has 1 N–H and O–H groups in total. The second-order valence-corrected chi connectivity index (χ2v) is 8.38. The Balaban J connectivity index is 1.84. The molecule has 5 nitrogen and oxygen atoms in total. The lowest BCUT2D eigenvalue weighted by atomic mass is 10.1. The van der Waals surface area contributed by atoms with Gasteiger partial charge in [0.2, 0.25) is 0 Å². The van der Waals surface area contributed by atoms with Crippen LogP contribution >= 0.6 is 0 Å². The summed E-state index contributed by atoms with van der Waals surface area (Å²) in [6, 6.07) is 25.6. The van der Waals surface area contributed by atoms with Crippen LogP contribution in [0, 0.1) is 0 Å². The average Bonchev–Trinajstić information content (AvgIpc) is 3.16. The molecule has 0 amide bonds. The first-order chi connectivity index (χ1) is 14.1. The topological polar surface area (TPSA) is 63.5 Å². The molecule has 0 bridgehead atoms. The van der Waals surface area contributed by atoms with E-state index in [0.29, 0.717) is 11.9 Å². The molecule has 6 heteroatoms. The Bertz CT molecular complexity index is 1260. The van der Waals surface area contributed by atoms with E-state index in [4.69, 9.17) is 0 Å². The van der Waals surface area contributed by atoms with Crippen molar-refractivity contribution < 1.29 is 8.42 Å². The lowest BCUT2D eigenvalue weighted by Crippen LogP contribution is -2.12. The van der Waals surface area contributed by atoms with Crippen molar-refractivity contribution in [3.8, 4) is 0 Å². The number of nitrogens with one attached hydrogen (secondary N) is 1. The third-order valence-electron chi connectivity index (χ3n) is 4.72. The van der Waals surface area contributed by atoms with Gasteiger partial charge < -0.3 is 0 Å². The van der Waals surface area contributed by atoms with Gasteiger partial charge in [0.15, 0.2) is 0 Å². The van der Waals surface area contributed by atoms with E-state index in [0.717, 1.165) is 22.3 Å². The summed E-state index contributed by atoms with van der Waals surface area (Å²) in [4.78, 5) is 0.254. The molecule has 4 rings (SSSR count). The molecule has 3 aromatic carbocycles. The fraction of sp³-hybridized carbons (Fsp3) is 0.0870. The van der Waals surface area contributed by atoms with Crippen molar-refractivity contribution >= 4 is 32.3 Å². The molecule has 0 fully saturated rings. The lowest BCUT2D eigenvalue weighted by molar-refractivity contribution is 0.589. The lowest BCUT2D eigenvalue weighted by Gasteiger charge is -2.07. The van der Waals surface area contributed by atoms with Crippen LogP contribution in [0.2, 0.25) is 0 Å². The number of hydrazone groups is 1. The number of nitrogens with zero attached hydrogens (tertiary/aromatic N) is 2. The molecule has 4 aromatic rings. The van der Waals surface area contributed by atoms with Crippen LogP contribution in [0.25, 0.3) is 10.9 Å². The van der Waals surface area contributed by atoms with Crippen LogP contribution in [-0.2, 0) is 10.0 Å². The molecule has 1 aromatic heterocycles. The predicted octanol–water partition coefficient (Wildman–Crippen LogP) is 5.10. The predicted molar refractivity (Wildman–Crippen MR) is 118 cm³/mol. The van der Waals surface area contributed by atoms with Gasteiger partial charge in [0.1, 0.15) is 0 Å². The number of para-hydroxylation sites is 2. The molecular formula is C23H21N3O2S. The molecule has 0 atom stereocenters. The minimum Gasteiger partial charge on any atom is -0.278 e. The van der Waals surface area contributed by atoms with Crippen LogP contribution in [0.3, 0.4) is 0 Å². The highest BCUT2D eigenvalue weighted by Crippen LogP contribution is 2.27. The number of rotatable bonds is 6. The minimum absolute atomic E-state index is 0.254. The molecule has 29 heavy (non-hydrogen) atoms. The van der Waals surface area contributed by atoms with Gasteiger partial charge in [-0.2, -0.15) is 5.10 Å². The van der Waals surface area contributed by atoms with Gasteiger partial charge in [0.05, 0.1) is 21.8 Å². The van der Waals surface area contributed by atoms with Gasteiger partial charge >= 0.3 is 0 Å². The van der Waals surface area contributed by atoms with E-state index < -0.39 is 10.0 Å². The first-order valence-corrected chi connectivity index (χ1v) is 10.8. The van der Waals surface area contributed by atoms with Crippen LogP contribution in [0.4, 0.5) is 5.69 Å². The Morgan fingerprint density at radius 1 is 0.897 bits per heavy atom. The molecule has 0 aliphatic heterocycles. The Hall–Kier alpha value is -3.38. The van der Waals surface area contributed by atoms with Crippen molar-refractivity contribution in [2.24, 2.45) is 5.10 Å². The van der Waals surface area contributed by atoms with Gasteiger partial charge in [-0.1, -0.05) is 61.5 Å². The Kier molecular flexibility index (Phi) is 5.18. The monoisotopic (exact) mass is 403 g/mol. The summed E-state index contributed by atoms with van der Waals surface area (Å²) in [6.07, 6.45) is 2.32. The minimum atomic E-state index is -3.71. The second-order valence-electron chi connectivity index (χ2n) is 6.56. The highest BCUT2D eigenvalue weighted by atomic mass is 32.2. The SMILES string of the molecule is CC/C(=N/Nc1ccccc1)c1cn(S(=O)(=O)c2ccccc2)c2ccccc12. The normalized spacial score (nSPS) is 12.2. The molecule has 0 saturated carbocycles. The zero-order chi connectivity index (χ0) is 20.3. The van der Waals surface area contributed by atoms with Gasteiger partial charge in [0, 0.05) is 17.1 Å². The van der Waals surface area contributed by atoms with Gasteiger partial charge in [-0.15, -0.1) is 0 Å². The summed E-state index contributed by atoms with van der Waals surface area (Å²) in [5, 5.41) is 5.41. The molecule has 1 heterocycles. The van der Waals surface area contributed by atoms with Gasteiger partial charge in [-0.3, -0.25) is 5.43 Å². The molecule has 146 valence electrons. The van der Waals surface area contributed by atoms with Crippen LogP contribution in [-0.4, -0.2) is 18.1 Å². The third kappa shape index (κ3) is 3.67. The maximum Gasteiger partial charge on any atom is 0.268 e. The largest absolute Gasteiger partial charge is 0.278 e. The van der Waals surface area contributed by atoms with Crippen molar-refractivity contribution in [3.05, 3.63) is 96.7 Å². The molecule has 0 saturated heterocycles. The summed E-state index contributed by atoms with van der Waals surface area (Å²) < 4.78 is 27.9.